The Labute approximate surface area is 147 Å². The lowest BCUT2D eigenvalue weighted by atomic mass is 10.1. The predicted molar refractivity (Wildman–Crippen MR) is 97.6 cm³/mol. The van der Waals surface area contributed by atoms with Gasteiger partial charge in [-0.15, -0.1) is 0 Å². The number of hydrogen-bond donors (Lipinski definition) is 1. The molecule has 0 fully saturated rings. The van der Waals surface area contributed by atoms with Crippen molar-refractivity contribution in [2.24, 2.45) is 0 Å². The van der Waals surface area contributed by atoms with Crippen LogP contribution in [0.25, 0.3) is 0 Å². The molecule has 1 aromatic rings. The van der Waals surface area contributed by atoms with Gasteiger partial charge in [0.05, 0.1) is 12.3 Å². The third-order valence-electron chi connectivity index (χ3n) is 3.35. The molecule has 0 saturated heterocycles. The van der Waals surface area contributed by atoms with E-state index in [-0.39, 0.29) is 6.04 Å². The first kappa shape index (κ1) is 19.4. The van der Waals surface area contributed by atoms with Crippen molar-refractivity contribution in [3.8, 4) is 11.8 Å². The Morgan fingerprint density at radius 2 is 2.30 bits per heavy atom. The summed E-state index contributed by atoms with van der Waals surface area (Å²) in [7, 11) is 0. The summed E-state index contributed by atoms with van der Waals surface area (Å²) in [5.74, 6) is 0.590. The second-order valence-electron chi connectivity index (χ2n) is 5.14. The highest BCUT2D eigenvalue weighted by molar-refractivity contribution is 9.12. The molecule has 0 aliphatic heterocycles. The minimum atomic E-state index is 0.0729. The Morgan fingerprint density at radius 3 is 2.91 bits per heavy atom. The number of allylic oxidation sites excluding steroid dienone is 2. The summed E-state index contributed by atoms with van der Waals surface area (Å²) in [4.78, 5) is 4.35. The lowest BCUT2D eigenvalue weighted by Gasteiger charge is -2.15. The number of aromatic nitrogens is 1. The van der Waals surface area contributed by atoms with Gasteiger partial charge in [0, 0.05) is 22.8 Å². The Bertz CT molecular complexity index is 605. The van der Waals surface area contributed by atoms with Crippen LogP contribution in [0.3, 0.4) is 0 Å². The second kappa shape index (κ2) is 10.2. The van der Waals surface area contributed by atoms with E-state index in [4.69, 9.17) is 10.00 Å². The number of rotatable bonds is 9. The molecule has 0 spiro atoms. The van der Waals surface area contributed by atoms with Crippen LogP contribution in [0.1, 0.15) is 50.9 Å². The van der Waals surface area contributed by atoms with Crippen LogP contribution in [-0.4, -0.2) is 18.1 Å². The fraction of sp³-hybridized carbons (Fsp3) is 0.444. The summed E-state index contributed by atoms with van der Waals surface area (Å²) < 4.78 is 6.58. The predicted octanol–water partition coefficient (Wildman–Crippen LogP) is 4.64. The van der Waals surface area contributed by atoms with Crippen molar-refractivity contribution < 1.29 is 4.74 Å². The van der Waals surface area contributed by atoms with E-state index in [1.165, 1.54) is 0 Å². The minimum Gasteiger partial charge on any atom is -0.492 e. The van der Waals surface area contributed by atoms with Gasteiger partial charge in [-0.25, -0.2) is 0 Å². The maximum atomic E-state index is 9.07. The molecule has 1 heterocycles. The van der Waals surface area contributed by atoms with Gasteiger partial charge in [0.1, 0.15) is 17.4 Å². The molecule has 1 atom stereocenters. The maximum absolute atomic E-state index is 9.07. The molecule has 0 bridgehead atoms. The first-order valence-corrected chi connectivity index (χ1v) is 8.62. The van der Waals surface area contributed by atoms with Crippen LogP contribution in [0.4, 0.5) is 0 Å². The summed E-state index contributed by atoms with van der Waals surface area (Å²) in [6.45, 7) is 11.4. The van der Waals surface area contributed by atoms with Crippen molar-refractivity contribution in [2.75, 3.05) is 13.2 Å². The molecule has 0 radical (unpaired) electrons. The van der Waals surface area contributed by atoms with Gasteiger partial charge in [-0.3, -0.25) is 4.98 Å². The van der Waals surface area contributed by atoms with Gasteiger partial charge < -0.3 is 10.1 Å². The standard InChI is InChI=1S/C18H24BrN3O/c1-5-7-16(19)13(3)8-9-21-14(4)17-10-18(23-6-2)15(11-20)12-22-17/h7,10,12,14,21H,3,5-6,8-9H2,1-2,4H3/b16-7+. The van der Waals surface area contributed by atoms with Crippen LogP contribution in [0.2, 0.25) is 0 Å². The fourth-order valence-corrected chi connectivity index (χ4v) is 2.56. The summed E-state index contributed by atoms with van der Waals surface area (Å²) in [5.41, 5.74) is 2.40. The zero-order valence-corrected chi connectivity index (χ0v) is 15.6. The van der Waals surface area contributed by atoms with Crippen LogP contribution in [0.15, 0.2) is 35.0 Å². The number of halogens is 1. The zero-order chi connectivity index (χ0) is 17.2. The fourth-order valence-electron chi connectivity index (χ4n) is 2.03. The van der Waals surface area contributed by atoms with E-state index in [1.807, 2.05) is 19.9 Å². The average molecular weight is 378 g/mol. The Hall–Kier alpha value is -1.64. The van der Waals surface area contributed by atoms with Gasteiger partial charge >= 0.3 is 0 Å². The van der Waals surface area contributed by atoms with Crippen molar-refractivity contribution in [3.63, 3.8) is 0 Å². The van der Waals surface area contributed by atoms with E-state index < -0.39 is 0 Å². The molecule has 1 aromatic heterocycles. The maximum Gasteiger partial charge on any atom is 0.140 e. The second-order valence-corrected chi connectivity index (χ2v) is 5.99. The van der Waals surface area contributed by atoms with Crippen molar-refractivity contribution >= 4 is 15.9 Å². The molecule has 0 amide bonds. The summed E-state index contributed by atoms with van der Waals surface area (Å²) in [6.07, 6.45) is 5.52. The van der Waals surface area contributed by atoms with Crippen molar-refractivity contribution in [1.29, 1.82) is 5.26 Å². The van der Waals surface area contributed by atoms with Crippen LogP contribution in [0.5, 0.6) is 5.75 Å². The number of pyridine rings is 1. The molecule has 1 rings (SSSR count). The molecule has 5 heteroatoms. The number of nitrogens with one attached hydrogen (secondary N) is 1. The largest absolute Gasteiger partial charge is 0.492 e. The number of nitrogens with zero attached hydrogens (tertiary/aromatic N) is 2. The highest BCUT2D eigenvalue weighted by Crippen LogP contribution is 2.22. The molecule has 4 nitrogen and oxygen atoms in total. The van der Waals surface area contributed by atoms with Gasteiger partial charge in [0.15, 0.2) is 0 Å². The Morgan fingerprint density at radius 1 is 1.57 bits per heavy atom. The van der Waals surface area contributed by atoms with Gasteiger partial charge in [-0.2, -0.15) is 5.26 Å². The number of nitriles is 1. The third-order valence-corrected chi connectivity index (χ3v) is 4.23. The SMILES string of the molecule is C=C(CCNC(C)c1cc(OCC)c(C#N)cn1)/C(Br)=C\CC. The molecule has 0 saturated carbocycles. The first-order valence-electron chi connectivity index (χ1n) is 7.83. The van der Waals surface area contributed by atoms with Gasteiger partial charge in [0.25, 0.3) is 0 Å². The van der Waals surface area contributed by atoms with Gasteiger partial charge in [-0.05, 0) is 38.8 Å². The lowest BCUT2D eigenvalue weighted by molar-refractivity contribution is 0.337. The smallest absolute Gasteiger partial charge is 0.140 e. The van der Waals surface area contributed by atoms with Crippen LogP contribution in [-0.2, 0) is 0 Å². The van der Waals surface area contributed by atoms with Crippen LogP contribution in [0, 0.1) is 11.3 Å². The molecule has 0 aromatic carbocycles. The molecular formula is C18H24BrN3O. The monoisotopic (exact) mass is 377 g/mol. The lowest BCUT2D eigenvalue weighted by Crippen LogP contribution is -2.21. The van der Waals surface area contributed by atoms with E-state index >= 15 is 0 Å². The summed E-state index contributed by atoms with van der Waals surface area (Å²) in [5, 5.41) is 12.5. The van der Waals surface area contributed by atoms with E-state index in [2.05, 4.69) is 51.9 Å². The number of ether oxygens (including phenoxy) is 1. The van der Waals surface area contributed by atoms with Crippen molar-refractivity contribution in [1.82, 2.24) is 10.3 Å². The highest BCUT2D eigenvalue weighted by Gasteiger charge is 2.11. The zero-order valence-electron chi connectivity index (χ0n) is 14.0. The normalized spacial score (nSPS) is 12.6. The van der Waals surface area contributed by atoms with E-state index in [1.54, 1.807) is 6.20 Å². The molecule has 23 heavy (non-hydrogen) atoms. The van der Waals surface area contributed by atoms with Gasteiger partial charge in [0.2, 0.25) is 0 Å². The minimum absolute atomic E-state index is 0.0729. The van der Waals surface area contributed by atoms with Crippen LogP contribution >= 0.6 is 15.9 Å². The molecule has 1 N–H and O–H groups in total. The Kier molecular flexibility index (Phi) is 8.60. The number of hydrogen-bond acceptors (Lipinski definition) is 4. The quantitative estimate of drug-likeness (QED) is 0.636. The van der Waals surface area contributed by atoms with Crippen molar-refractivity contribution in [2.45, 2.75) is 39.7 Å². The summed E-state index contributed by atoms with van der Waals surface area (Å²) in [6, 6.07) is 4.01. The third kappa shape index (κ3) is 6.17. The molecule has 1 unspecified atom stereocenters. The first-order chi connectivity index (χ1) is 11.0. The molecule has 124 valence electrons. The summed E-state index contributed by atoms with van der Waals surface area (Å²) >= 11 is 3.53. The van der Waals surface area contributed by atoms with E-state index in [0.29, 0.717) is 17.9 Å². The van der Waals surface area contributed by atoms with Crippen LogP contribution < -0.4 is 10.1 Å². The highest BCUT2D eigenvalue weighted by atomic mass is 79.9. The van der Waals surface area contributed by atoms with Crippen molar-refractivity contribution in [3.05, 3.63) is 46.2 Å². The Balaban J connectivity index is 2.63. The molecule has 0 aliphatic rings. The average Bonchev–Trinajstić information content (AvgIpc) is 2.55. The van der Waals surface area contributed by atoms with Gasteiger partial charge in [-0.1, -0.05) is 35.5 Å². The molecular weight excluding hydrogens is 354 g/mol. The molecule has 0 aliphatic carbocycles. The van der Waals surface area contributed by atoms with E-state index in [0.717, 1.165) is 35.1 Å². The topological polar surface area (TPSA) is 57.9 Å². The van der Waals surface area contributed by atoms with E-state index in [9.17, 15) is 0 Å².